The minimum absolute atomic E-state index is 0.0870. The molecule has 150 valence electrons. The lowest BCUT2D eigenvalue weighted by Gasteiger charge is -2.29. The predicted octanol–water partition coefficient (Wildman–Crippen LogP) is 4.28. The fourth-order valence-electron chi connectivity index (χ4n) is 3.64. The maximum Gasteiger partial charge on any atom is 0.119 e. The number of rotatable bonds is 8. The van der Waals surface area contributed by atoms with Crippen LogP contribution in [0.2, 0.25) is 0 Å². The van der Waals surface area contributed by atoms with Crippen molar-refractivity contribution in [3.8, 4) is 5.75 Å². The van der Waals surface area contributed by atoms with Gasteiger partial charge in [0.1, 0.15) is 18.5 Å². The van der Waals surface area contributed by atoms with E-state index in [1.807, 2.05) is 48.5 Å². The Kier molecular flexibility index (Phi) is 6.79. The molecule has 1 saturated heterocycles. The standard InChI is InChI=1S/C25H28N2O2/c1-3-7-21(8-4-1)25(22-9-5-2-6-10-22)29-20-19-28-24-13-11-23(12-14-24)27-17-15-26-16-18-27/h1-14,25-26H,15-20H2. The third-order valence-corrected chi connectivity index (χ3v) is 5.16. The summed E-state index contributed by atoms with van der Waals surface area (Å²) < 4.78 is 12.1. The van der Waals surface area contributed by atoms with Crippen LogP contribution in [0.3, 0.4) is 0 Å². The van der Waals surface area contributed by atoms with E-state index >= 15 is 0 Å². The number of anilines is 1. The molecule has 4 rings (SSSR count). The van der Waals surface area contributed by atoms with Gasteiger partial charge in [-0.05, 0) is 35.4 Å². The number of hydrogen-bond acceptors (Lipinski definition) is 4. The van der Waals surface area contributed by atoms with Gasteiger partial charge < -0.3 is 19.7 Å². The van der Waals surface area contributed by atoms with Crippen molar-refractivity contribution in [2.75, 3.05) is 44.3 Å². The van der Waals surface area contributed by atoms with E-state index in [4.69, 9.17) is 9.47 Å². The van der Waals surface area contributed by atoms with Crippen molar-refractivity contribution in [2.24, 2.45) is 0 Å². The van der Waals surface area contributed by atoms with Crippen molar-refractivity contribution in [1.29, 1.82) is 0 Å². The largest absolute Gasteiger partial charge is 0.491 e. The van der Waals surface area contributed by atoms with Crippen molar-refractivity contribution in [1.82, 2.24) is 5.32 Å². The van der Waals surface area contributed by atoms with Gasteiger partial charge in [-0.15, -0.1) is 0 Å². The van der Waals surface area contributed by atoms with Gasteiger partial charge in [0.05, 0.1) is 6.61 Å². The normalized spacial score (nSPS) is 14.2. The van der Waals surface area contributed by atoms with Crippen LogP contribution in [0, 0.1) is 0 Å². The molecule has 4 heteroatoms. The first-order valence-corrected chi connectivity index (χ1v) is 10.3. The SMILES string of the molecule is c1ccc(C(OCCOc2ccc(N3CCNCC3)cc2)c2ccccc2)cc1. The van der Waals surface area contributed by atoms with Crippen LogP contribution in [0.5, 0.6) is 5.75 Å². The minimum atomic E-state index is -0.0870. The van der Waals surface area contributed by atoms with E-state index in [0.717, 1.165) is 43.1 Å². The van der Waals surface area contributed by atoms with Crippen molar-refractivity contribution in [3.63, 3.8) is 0 Å². The highest BCUT2D eigenvalue weighted by atomic mass is 16.5. The van der Waals surface area contributed by atoms with Crippen LogP contribution in [-0.4, -0.2) is 39.4 Å². The fraction of sp³-hybridized carbons (Fsp3) is 0.280. The monoisotopic (exact) mass is 388 g/mol. The van der Waals surface area contributed by atoms with E-state index in [9.17, 15) is 0 Å². The maximum atomic E-state index is 6.21. The summed E-state index contributed by atoms with van der Waals surface area (Å²) in [7, 11) is 0. The maximum absolute atomic E-state index is 6.21. The lowest BCUT2D eigenvalue weighted by Crippen LogP contribution is -2.43. The molecular weight excluding hydrogens is 360 g/mol. The van der Waals surface area contributed by atoms with Crippen molar-refractivity contribution in [3.05, 3.63) is 96.1 Å². The lowest BCUT2D eigenvalue weighted by atomic mass is 10.0. The smallest absolute Gasteiger partial charge is 0.119 e. The van der Waals surface area contributed by atoms with Crippen LogP contribution >= 0.6 is 0 Å². The molecule has 0 spiro atoms. The zero-order valence-corrected chi connectivity index (χ0v) is 16.7. The highest BCUT2D eigenvalue weighted by Gasteiger charge is 2.14. The molecule has 3 aromatic carbocycles. The van der Waals surface area contributed by atoms with E-state index in [2.05, 4.69) is 46.6 Å². The van der Waals surface area contributed by atoms with Gasteiger partial charge in [-0.1, -0.05) is 60.7 Å². The average Bonchev–Trinajstić information content (AvgIpc) is 2.81. The molecule has 0 aliphatic carbocycles. The number of ether oxygens (including phenoxy) is 2. The fourth-order valence-corrected chi connectivity index (χ4v) is 3.64. The van der Waals surface area contributed by atoms with Crippen LogP contribution < -0.4 is 15.0 Å². The summed E-state index contributed by atoms with van der Waals surface area (Å²) >= 11 is 0. The van der Waals surface area contributed by atoms with Crippen LogP contribution in [0.1, 0.15) is 17.2 Å². The van der Waals surface area contributed by atoms with Crippen LogP contribution in [0.4, 0.5) is 5.69 Å². The summed E-state index contributed by atoms with van der Waals surface area (Å²) in [5.74, 6) is 0.878. The van der Waals surface area contributed by atoms with Gasteiger partial charge >= 0.3 is 0 Å². The van der Waals surface area contributed by atoms with Gasteiger partial charge in [-0.25, -0.2) is 0 Å². The number of benzene rings is 3. The third-order valence-electron chi connectivity index (χ3n) is 5.16. The second-order valence-corrected chi connectivity index (χ2v) is 7.15. The summed E-state index contributed by atoms with van der Waals surface area (Å²) in [5.41, 5.74) is 3.56. The number of nitrogens with one attached hydrogen (secondary N) is 1. The predicted molar refractivity (Wildman–Crippen MR) is 118 cm³/mol. The number of nitrogens with zero attached hydrogens (tertiary/aromatic N) is 1. The van der Waals surface area contributed by atoms with Crippen molar-refractivity contribution >= 4 is 5.69 Å². The summed E-state index contributed by atoms with van der Waals surface area (Å²) in [4.78, 5) is 2.40. The second kappa shape index (κ2) is 10.1. The van der Waals surface area contributed by atoms with E-state index in [1.54, 1.807) is 0 Å². The molecular formula is C25H28N2O2. The third kappa shape index (κ3) is 5.37. The summed E-state index contributed by atoms with van der Waals surface area (Å²) in [5, 5.41) is 3.38. The molecule has 1 aliphatic heterocycles. The van der Waals surface area contributed by atoms with Gasteiger partial charge in [0.15, 0.2) is 0 Å². The minimum Gasteiger partial charge on any atom is -0.491 e. The quantitative estimate of drug-likeness (QED) is 0.584. The van der Waals surface area contributed by atoms with E-state index in [1.165, 1.54) is 5.69 Å². The molecule has 1 aliphatic rings. The van der Waals surface area contributed by atoms with Crippen LogP contribution in [-0.2, 0) is 4.74 Å². The second-order valence-electron chi connectivity index (χ2n) is 7.15. The number of hydrogen-bond donors (Lipinski definition) is 1. The van der Waals surface area contributed by atoms with Gasteiger partial charge in [0, 0.05) is 31.9 Å². The van der Waals surface area contributed by atoms with Gasteiger partial charge in [-0.2, -0.15) is 0 Å². The molecule has 0 aromatic heterocycles. The van der Waals surface area contributed by atoms with Crippen molar-refractivity contribution < 1.29 is 9.47 Å². The van der Waals surface area contributed by atoms with Crippen LogP contribution in [0.25, 0.3) is 0 Å². The van der Waals surface area contributed by atoms with E-state index in [0.29, 0.717) is 13.2 Å². The Morgan fingerprint density at radius 3 is 1.90 bits per heavy atom. The molecule has 0 unspecified atom stereocenters. The molecule has 1 N–H and O–H groups in total. The molecule has 29 heavy (non-hydrogen) atoms. The first-order chi connectivity index (χ1) is 14.4. The summed E-state index contributed by atoms with van der Waals surface area (Å²) in [6, 6.07) is 29.0. The Hall–Kier alpha value is -2.82. The molecule has 1 heterocycles. The highest BCUT2D eigenvalue weighted by Crippen LogP contribution is 2.26. The lowest BCUT2D eigenvalue weighted by molar-refractivity contribution is 0.0560. The molecule has 4 nitrogen and oxygen atoms in total. The van der Waals surface area contributed by atoms with E-state index < -0.39 is 0 Å². The molecule has 1 fully saturated rings. The Morgan fingerprint density at radius 1 is 0.724 bits per heavy atom. The van der Waals surface area contributed by atoms with Crippen molar-refractivity contribution in [2.45, 2.75) is 6.10 Å². The molecule has 0 saturated carbocycles. The Labute approximate surface area is 173 Å². The molecule has 0 atom stereocenters. The molecule has 0 radical (unpaired) electrons. The van der Waals surface area contributed by atoms with Gasteiger partial charge in [0.25, 0.3) is 0 Å². The zero-order chi connectivity index (χ0) is 19.7. The average molecular weight is 389 g/mol. The molecule has 3 aromatic rings. The van der Waals surface area contributed by atoms with Gasteiger partial charge in [0.2, 0.25) is 0 Å². The first-order valence-electron chi connectivity index (χ1n) is 10.3. The van der Waals surface area contributed by atoms with E-state index in [-0.39, 0.29) is 6.10 Å². The first kappa shape index (κ1) is 19.5. The Bertz CT molecular complexity index is 808. The Morgan fingerprint density at radius 2 is 1.31 bits per heavy atom. The molecule has 0 bridgehead atoms. The summed E-state index contributed by atoms with van der Waals surface area (Å²) in [6.07, 6.45) is -0.0870. The summed E-state index contributed by atoms with van der Waals surface area (Å²) in [6.45, 7) is 5.22. The zero-order valence-electron chi connectivity index (χ0n) is 16.7. The molecule has 0 amide bonds. The van der Waals surface area contributed by atoms with Gasteiger partial charge in [-0.3, -0.25) is 0 Å². The highest BCUT2D eigenvalue weighted by molar-refractivity contribution is 5.49. The topological polar surface area (TPSA) is 33.7 Å². The number of piperazine rings is 1. The Balaban J connectivity index is 1.31. The van der Waals surface area contributed by atoms with Crippen LogP contribution in [0.15, 0.2) is 84.9 Å².